The van der Waals surface area contributed by atoms with Crippen molar-refractivity contribution in [3.8, 4) is 11.5 Å². The Balaban J connectivity index is 1.59. The minimum absolute atomic E-state index is 0.0861. The lowest BCUT2D eigenvalue weighted by Gasteiger charge is -2.28. The Morgan fingerprint density at radius 1 is 0.966 bits per heavy atom. The molecule has 1 saturated heterocycles. The topological polar surface area (TPSA) is 71.8 Å². The lowest BCUT2D eigenvalue weighted by atomic mass is 10.1. The molecule has 1 aromatic heterocycles. The van der Waals surface area contributed by atoms with Gasteiger partial charge in [-0.2, -0.15) is 0 Å². The summed E-state index contributed by atoms with van der Waals surface area (Å²) in [5.41, 5.74) is 0.665. The van der Waals surface area contributed by atoms with E-state index in [2.05, 4.69) is 21.2 Å². The van der Waals surface area contributed by atoms with E-state index in [0.29, 0.717) is 27.6 Å². The van der Waals surface area contributed by atoms with Crippen molar-refractivity contribution in [2.24, 2.45) is 0 Å². The van der Waals surface area contributed by atoms with E-state index in [1.807, 2.05) is 30.3 Å². The number of rotatable bonds is 4. The number of amides is 3. The Morgan fingerprint density at radius 3 is 2.31 bits per heavy atom. The Labute approximate surface area is 179 Å². The normalized spacial score (nSPS) is 15.6. The van der Waals surface area contributed by atoms with E-state index in [-0.39, 0.29) is 10.6 Å². The molecule has 0 spiro atoms. The van der Waals surface area contributed by atoms with Crippen molar-refractivity contribution >= 4 is 56.8 Å². The summed E-state index contributed by atoms with van der Waals surface area (Å²) in [6.45, 7) is 0. The van der Waals surface area contributed by atoms with Crippen LogP contribution < -0.4 is 15.0 Å². The van der Waals surface area contributed by atoms with Crippen LogP contribution in [-0.2, 0) is 4.79 Å². The van der Waals surface area contributed by atoms with Crippen molar-refractivity contribution < 1.29 is 18.7 Å². The quantitative estimate of drug-likeness (QED) is 0.415. The summed E-state index contributed by atoms with van der Waals surface area (Å²) in [7, 11) is 0. The molecule has 4 rings (SSSR count). The molecule has 0 atom stereocenters. The molecule has 144 valence electrons. The highest BCUT2D eigenvalue weighted by atomic mass is 79.9. The maximum Gasteiger partial charge on any atom is 0.334 e. The molecule has 1 fully saturated rings. The Hall–Kier alpha value is -3.23. The van der Waals surface area contributed by atoms with Crippen molar-refractivity contribution in [2.75, 3.05) is 4.90 Å². The van der Waals surface area contributed by atoms with Crippen molar-refractivity contribution in [1.29, 1.82) is 0 Å². The van der Waals surface area contributed by atoms with E-state index in [4.69, 9.17) is 21.4 Å². The van der Waals surface area contributed by atoms with Gasteiger partial charge in [0.15, 0.2) is 4.67 Å². The standard InChI is InChI=1S/C21H13BrN2O4S/c22-18-11-10-16(28-18)12-17-19(25)23-21(26)24(20(17)29)13-6-8-15(9-7-13)27-14-4-2-1-3-5-14/h1-12H,(H,23,25,26). The maximum atomic E-state index is 12.4. The van der Waals surface area contributed by atoms with Crippen molar-refractivity contribution in [2.45, 2.75) is 0 Å². The average Bonchev–Trinajstić information content (AvgIpc) is 3.12. The van der Waals surface area contributed by atoms with Gasteiger partial charge in [0.25, 0.3) is 5.91 Å². The monoisotopic (exact) mass is 468 g/mol. The van der Waals surface area contributed by atoms with Gasteiger partial charge in [0, 0.05) is 0 Å². The van der Waals surface area contributed by atoms with Crippen LogP contribution in [0.4, 0.5) is 10.5 Å². The first-order valence-corrected chi connectivity index (χ1v) is 9.71. The number of ether oxygens (including phenoxy) is 1. The minimum atomic E-state index is -0.616. The molecule has 1 N–H and O–H groups in total. The molecule has 0 radical (unpaired) electrons. The number of thiocarbonyl (C=S) groups is 1. The van der Waals surface area contributed by atoms with Gasteiger partial charge in [-0.15, -0.1) is 0 Å². The lowest BCUT2D eigenvalue weighted by molar-refractivity contribution is -0.116. The Kier molecular flexibility index (Phi) is 5.28. The van der Waals surface area contributed by atoms with Gasteiger partial charge >= 0.3 is 6.03 Å². The number of halogens is 1. The zero-order valence-corrected chi connectivity index (χ0v) is 17.2. The van der Waals surface area contributed by atoms with E-state index < -0.39 is 11.9 Å². The van der Waals surface area contributed by atoms with Gasteiger partial charge < -0.3 is 9.15 Å². The molecule has 3 amide bonds. The smallest absolute Gasteiger partial charge is 0.334 e. The number of hydrogen-bond acceptors (Lipinski definition) is 5. The molecule has 0 bridgehead atoms. The number of nitrogens with zero attached hydrogens (tertiary/aromatic N) is 1. The summed E-state index contributed by atoms with van der Waals surface area (Å²) in [5, 5.41) is 2.30. The number of anilines is 1. The summed E-state index contributed by atoms with van der Waals surface area (Å²) in [6.07, 6.45) is 1.49. The first kappa shape index (κ1) is 19.1. The minimum Gasteiger partial charge on any atom is -0.457 e. The van der Waals surface area contributed by atoms with Crippen LogP contribution in [0.25, 0.3) is 6.08 Å². The van der Waals surface area contributed by atoms with Crippen LogP contribution in [0.15, 0.2) is 81.4 Å². The highest BCUT2D eigenvalue weighted by Crippen LogP contribution is 2.28. The second kappa shape index (κ2) is 8.02. The van der Waals surface area contributed by atoms with Crippen LogP contribution in [0.5, 0.6) is 11.5 Å². The van der Waals surface area contributed by atoms with Crippen LogP contribution >= 0.6 is 28.1 Å². The van der Waals surface area contributed by atoms with Crippen molar-refractivity contribution in [1.82, 2.24) is 5.32 Å². The zero-order valence-electron chi connectivity index (χ0n) is 14.8. The number of nitrogens with one attached hydrogen (secondary N) is 1. The molecule has 0 aliphatic carbocycles. The molecule has 2 heterocycles. The predicted molar refractivity (Wildman–Crippen MR) is 116 cm³/mol. The van der Waals surface area contributed by atoms with Gasteiger partial charge in [-0.25, -0.2) is 4.79 Å². The third kappa shape index (κ3) is 4.13. The van der Waals surface area contributed by atoms with Gasteiger partial charge in [-0.1, -0.05) is 30.4 Å². The number of carbonyl (C=O) groups is 2. The molecule has 8 heteroatoms. The second-order valence-corrected chi connectivity index (χ2v) is 7.18. The van der Waals surface area contributed by atoms with E-state index in [1.165, 1.54) is 11.0 Å². The number of hydrogen-bond donors (Lipinski definition) is 1. The number of carbonyl (C=O) groups excluding carboxylic acids is 2. The Morgan fingerprint density at radius 2 is 1.66 bits per heavy atom. The third-order valence-corrected chi connectivity index (χ3v) is 4.88. The molecule has 1 aliphatic rings. The maximum absolute atomic E-state index is 12.4. The van der Waals surface area contributed by atoms with E-state index in [0.717, 1.165) is 0 Å². The van der Waals surface area contributed by atoms with Gasteiger partial charge in [0.1, 0.15) is 22.2 Å². The molecule has 1 aliphatic heterocycles. The molecule has 0 unspecified atom stereocenters. The highest BCUT2D eigenvalue weighted by molar-refractivity contribution is 9.10. The zero-order chi connectivity index (χ0) is 20.4. The number of urea groups is 1. The molecular formula is C21H13BrN2O4S. The highest BCUT2D eigenvalue weighted by Gasteiger charge is 2.34. The van der Waals surface area contributed by atoms with Crippen LogP contribution in [0, 0.1) is 0 Å². The molecule has 3 aromatic rings. The van der Waals surface area contributed by atoms with Gasteiger partial charge in [0.05, 0.1) is 11.3 Å². The molecule has 0 saturated carbocycles. The number of benzene rings is 2. The molecule has 2 aromatic carbocycles. The molecule has 6 nitrogen and oxygen atoms in total. The average molecular weight is 469 g/mol. The van der Waals surface area contributed by atoms with Crippen LogP contribution in [0.1, 0.15) is 5.76 Å². The molecular weight excluding hydrogens is 456 g/mol. The number of imide groups is 1. The lowest BCUT2D eigenvalue weighted by Crippen LogP contribution is -2.53. The summed E-state index contributed by atoms with van der Waals surface area (Å²) in [4.78, 5) is 26.0. The van der Waals surface area contributed by atoms with Crippen LogP contribution in [-0.4, -0.2) is 16.9 Å². The first-order valence-electron chi connectivity index (χ1n) is 8.51. The van der Waals surface area contributed by atoms with Gasteiger partial charge in [-0.3, -0.25) is 15.0 Å². The summed E-state index contributed by atoms with van der Waals surface area (Å²) in [6, 6.07) is 19.0. The fourth-order valence-electron chi connectivity index (χ4n) is 2.73. The molecule has 29 heavy (non-hydrogen) atoms. The first-order chi connectivity index (χ1) is 14.0. The number of furan rings is 1. The fraction of sp³-hybridized carbons (Fsp3) is 0. The summed E-state index contributed by atoms with van der Waals surface area (Å²) < 4.78 is 11.7. The van der Waals surface area contributed by atoms with E-state index in [1.54, 1.807) is 36.4 Å². The predicted octanol–water partition coefficient (Wildman–Crippen LogP) is 5.30. The van der Waals surface area contributed by atoms with E-state index >= 15 is 0 Å². The second-order valence-electron chi connectivity index (χ2n) is 6.01. The van der Waals surface area contributed by atoms with Crippen LogP contribution in [0.3, 0.4) is 0 Å². The van der Waals surface area contributed by atoms with Gasteiger partial charge in [0.2, 0.25) is 0 Å². The number of para-hydroxylation sites is 1. The third-order valence-electron chi connectivity index (χ3n) is 4.06. The van der Waals surface area contributed by atoms with Crippen molar-refractivity contribution in [3.63, 3.8) is 0 Å². The summed E-state index contributed by atoms with van der Waals surface area (Å²) in [5.74, 6) is 1.17. The van der Waals surface area contributed by atoms with Crippen LogP contribution in [0.2, 0.25) is 0 Å². The SMILES string of the molecule is O=C1NC(=O)N(c2ccc(Oc3ccccc3)cc2)C(=S)C1=Cc1ccc(Br)o1. The van der Waals surface area contributed by atoms with Gasteiger partial charge in [-0.05, 0) is 70.5 Å². The van der Waals surface area contributed by atoms with E-state index in [9.17, 15) is 9.59 Å². The largest absolute Gasteiger partial charge is 0.457 e. The fourth-order valence-corrected chi connectivity index (χ4v) is 3.39. The Bertz CT molecular complexity index is 1120. The van der Waals surface area contributed by atoms with Crippen molar-refractivity contribution in [3.05, 3.63) is 82.7 Å². The summed E-state index contributed by atoms with van der Waals surface area (Å²) >= 11 is 8.63.